The van der Waals surface area contributed by atoms with Crippen molar-refractivity contribution in [2.24, 2.45) is 0 Å². The Kier molecular flexibility index (Phi) is 4.21. The zero-order valence-corrected chi connectivity index (χ0v) is 11.5. The van der Waals surface area contributed by atoms with Gasteiger partial charge >= 0.3 is 0 Å². The van der Waals surface area contributed by atoms with Crippen LogP contribution in [0.1, 0.15) is 18.2 Å². The number of hydrogen-bond donors (Lipinski definition) is 0. The maximum Gasteiger partial charge on any atom is 0.0648 e. The van der Waals surface area contributed by atoms with Crippen molar-refractivity contribution in [1.82, 2.24) is 4.98 Å². The van der Waals surface area contributed by atoms with E-state index in [0.29, 0.717) is 5.88 Å². The number of anilines is 2. The lowest BCUT2D eigenvalue weighted by Crippen LogP contribution is -2.16. The zero-order chi connectivity index (χ0) is 13.0. The minimum Gasteiger partial charge on any atom is -0.342 e. The minimum absolute atomic E-state index is 0.444. The van der Waals surface area contributed by atoms with Gasteiger partial charge in [-0.1, -0.05) is 12.1 Å². The molecule has 94 valence electrons. The Labute approximate surface area is 113 Å². The maximum atomic E-state index is 5.84. The van der Waals surface area contributed by atoms with Crippen LogP contribution in [0.4, 0.5) is 11.4 Å². The quantitative estimate of drug-likeness (QED) is 0.763. The number of alkyl halides is 1. The van der Waals surface area contributed by atoms with E-state index < -0.39 is 0 Å². The normalized spacial score (nSPS) is 10.4. The van der Waals surface area contributed by atoms with Crippen LogP contribution in [-0.2, 0) is 5.88 Å². The first-order valence-corrected chi connectivity index (χ1v) is 6.63. The summed E-state index contributed by atoms with van der Waals surface area (Å²) in [6, 6.07) is 12.5. The van der Waals surface area contributed by atoms with Crippen molar-refractivity contribution in [2.75, 3.05) is 11.4 Å². The van der Waals surface area contributed by atoms with Crippen LogP contribution in [0.2, 0.25) is 0 Å². The van der Waals surface area contributed by atoms with Gasteiger partial charge in [0.25, 0.3) is 0 Å². The fourth-order valence-electron chi connectivity index (χ4n) is 2.02. The molecule has 0 aliphatic rings. The molecule has 18 heavy (non-hydrogen) atoms. The van der Waals surface area contributed by atoms with Crippen LogP contribution < -0.4 is 4.90 Å². The van der Waals surface area contributed by atoms with E-state index in [0.717, 1.165) is 17.9 Å². The summed E-state index contributed by atoms with van der Waals surface area (Å²) in [6.45, 7) is 5.16. The smallest absolute Gasteiger partial charge is 0.0648 e. The predicted octanol–water partition coefficient (Wildman–Crippen LogP) is 4.29. The monoisotopic (exact) mass is 260 g/mol. The topological polar surface area (TPSA) is 16.1 Å². The van der Waals surface area contributed by atoms with Crippen LogP contribution >= 0.6 is 11.6 Å². The van der Waals surface area contributed by atoms with Crippen molar-refractivity contribution in [3.63, 3.8) is 0 Å². The fourth-order valence-corrected chi connectivity index (χ4v) is 2.16. The first kappa shape index (κ1) is 12.9. The number of aryl methyl sites for hydroxylation is 1. The van der Waals surface area contributed by atoms with Crippen molar-refractivity contribution in [2.45, 2.75) is 19.7 Å². The number of benzene rings is 1. The van der Waals surface area contributed by atoms with E-state index in [9.17, 15) is 0 Å². The second-order valence-corrected chi connectivity index (χ2v) is 4.49. The lowest BCUT2D eigenvalue weighted by atomic mass is 10.2. The number of hydrogen-bond acceptors (Lipinski definition) is 2. The molecule has 3 heteroatoms. The van der Waals surface area contributed by atoms with Gasteiger partial charge in [-0.3, -0.25) is 4.98 Å². The summed E-state index contributed by atoms with van der Waals surface area (Å²) in [5.74, 6) is 0.444. The van der Waals surface area contributed by atoms with Gasteiger partial charge in [0.15, 0.2) is 0 Å². The van der Waals surface area contributed by atoms with Gasteiger partial charge in [0.05, 0.1) is 11.6 Å². The molecule has 1 aromatic heterocycles. The van der Waals surface area contributed by atoms with Gasteiger partial charge in [0.2, 0.25) is 0 Å². The molecule has 0 atom stereocenters. The molecule has 0 saturated carbocycles. The van der Waals surface area contributed by atoms with E-state index >= 15 is 0 Å². The maximum absolute atomic E-state index is 5.84. The van der Waals surface area contributed by atoms with Crippen molar-refractivity contribution >= 4 is 23.0 Å². The zero-order valence-electron chi connectivity index (χ0n) is 10.7. The first-order valence-electron chi connectivity index (χ1n) is 6.09. The van der Waals surface area contributed by atoms with Crippen LogP contribution in [0.5, 0.6) is 0 Å². The van der Waals surface area contributed by atoms with Crippen LogP contribution in [0.15, 0.2) is 42.6 Å². The van der Waals surface area contributed by atoms with Crippen LogP contribution in [0, 0.1) is 6.92 Å². The standard InChI is InChI=1S/C15H17ClN2/c1-3-18(14-6-4-5-12(2)9-14)15-7-8-17-13(10-15)11-16/h4-10H,3,11H2,1-2H3. The minimum atomic E-state index is 0.444. The number of pyridine rings is 1. The van der Waals surface area contributed by atoms with E-state index in [-0.39, 0.29) is 0 Å². The molecule has 1 heterocycles. The number of rotatable bonds is 4. The molecule has 0 N–H and O–H groups in total. The third kappa shape index (κ3) is 2.82. The van der Waals surface area contributed by atoms with E-state index in [1.165, 1.54) is 11.3 Å². The summed E-state index contributed by atoms with van der Waals surface area (Å²) in [5.41, 5.74) is 4.50. The third-order valence-electron chi connectivity index (χ3n) is 2.88. The lowest BCUT2D eigenvalue weighted by molar-refractivity contribution is 1.01. The lowest BCUT2D eigenvalue weighted by Gasteiger charge is -2.24. The first-order chi connectivity index (χ1) is 8.74. The van der Waals surface area contributed by atoms with E-state index in [1.54, 1.807) is 0 Å². The highest BCUT2D eigenvalue weighted by Crippen LogP contribution is 2.26. The second kappa shape index (κ2) is 5.87. The summed E-state index contributed by atoms with van der Waals surface area (Å²) in [4.78, 5) is 6.48. The summed E-state index contributed by atoms with van der Waals surface area (Å²) < 4.78 is 0. The van der Waals surface area contributed by atoms with Crippen LogP contribution in [0.25, 0.3) is 0 Å². The molecular formula is C15H17ClN2. The summed E-state index contributed by atoms with van der Waals surface area (Å²) in [5, 5.41) is 0. The second-order valence-electron chi connectivity index (χ2n) is 4.22. The van der Waals surface area contributed by atoms with Crippen molar-refractivity contribution in [1.29, 1.82) is 0 Å². The Morgan fingerprint density at radius 3 is 2.61 bits per heavy atom. The van der Waals surface area contributed by atoms with Crippen molar-refractivity contribution in [3.05, 3.63) is 53.9 Å². The van der Waals surface area contributed by atoms with Crippen molar-refractivity contribution in [3.8, 4) is 0 Å². The summed E-state index contributed by atoms with van der Waals surface area (Å²) in [7, 11) is 0. The molecule has 0 fully saturated rings. The van der Waals surface area contributed by atoms with Crippen LogP contribution in [0.3, 0.4) is 0 Å². The molecule has 2 aromatic rings. The average molecular weight is 261 g/mol. The highest BCUT2D eigenvalue weighted by atomic mass is 35.5. The van der Waals surface area contributed by atoms with Gasteiger partial charge in [-0.2, -0.15) is 0 Å². The molecule has 1 aromatic carbocycles. The molecule has 2 nitrogen and oxygen atoms in total. The van der Waals surface area contributed by atoms with E-state index in [4.69, 9.17) is 11.6 Å². The number of nitrogens with zero attached hydrogens (tertiary/aromatic N) is 2. The van der Waals surface area contributed by atoms with Crippen LogP contribution in [-0.4, -0.2) is 11.5 Å². The van der Waals surface area contributed by atoms with Gasteiger partial charge in [-0.25, -0.2) is 0 Å². The average Bonchev–Trinajstić information content (AvgIpc) is 2.40. The summed E-state index contributed by atoms with van der Waals surface area (Å²) in [6.07, 6.45) is 1.81. The molecule has 2 rings (SSSR count). The molecule has 0 aliphatic carbocycles. The highest BCUT2D eigenvalue weighted by molar-refractivity contribution is 6.16. The SMILES string of the molecule is CCN(c1cccc(C)c1)c1ccnc(CCl)c1. The third-order valence-corrected chi connectivity index (χ3v) is 3.15. The van der Waals surface area contributed by atoms with Gasteiger partial charge in [-0.15, -0.1) is 11.6 Å². The Morgan fingerprint density at radius 1 is 1.17 bits per heavy atom. The Hall–Kier alpha value is -1.54. The Balaban J connectivity index is 2.38. The van der Waals surface area contributed by atoms with Gasteiger partial charge < -0.3 is 4.90 Å². The van der Waals surface area contributed by atoms with Gasteiger partial charge in [-0.05, 0) is 43.7 Å². The largest absolute Gasteiger partial charge is 0.342 e. The van der Waals surface area contributed by atoms with E-state index in [1.807, 2.05) is 18.3 Å². The Bertz CT molecular complexity index is 525. The molecule has 0 spiro atoms. The molecule has 0 amide bonds. The van der Waals surface area contributed by atoms with Gasteiger partial charge in [0, 0.05) is 24.1 Å². The number of halogens is 1. The van der Waals surface area contributed by atoms with E-state index in [2.05, 4.69) is 48.0 Å². The molecule has 0 saturated heterocycles. The molecular weight excluding hydrogens is 244 g/mol. The summed E-state index contributed by atoms with van der Waals surface area (Å²) >= 11 is 5.84. The molecule has 0 aliphatic heterocycles. The Morgan fingerprint density at radius 2 is 1.94 bits per heavy atom. The number of aromatic nitrogens is 1. The highest BCUT2D eigenvalue weighted by Gasteiger charge is 2.08. The predicted molar refractivity (Wildman–Crippen MR) is 77.7 cm³/mol. The molecule has 0 bridgehead atoms. The molecule has 0 radical (unpaired) electrons. The molecule has 0 unspecified atom stereocenters. The van der Waals surface area contributed by atoms with Gasteiger partial charge in [0.1, 0.15) is 0 Å². The fraction of sp³-hybridized carbons (Fsp3) is 0.267. The van der Waals surface area contributed by atoms with Crippen molar-refractivity contribution < 1.29 is 0 Å².